The Kier molecular flexibility index (Phi) is 4.21. The molecule has 1 aliphatic carbocycles. The molecular formula is C15H20O2. The molecule has 0 heterocycles. The van der Waals surface area contributed by atoms with E-state index in [1.54, 1.807) is 7.11 Å². The van der Waals surface area contributed by atoms with Crippen molar-refractivity contribution < 1.29 is 9.47 Å². The van der Waals surface area contributed by atoms with Crippen LogP contribution in [0.5, 0.6) is 5.75 Å². The Bertz CT molecular complexity index is 367. The summed E-state index contributed by atoms with van der Waals surface area (Å²) in [5, 5.41) is 0. The molecule has 0 radical (unpaired) electrons. The predicted molar refractivity (Wildman–Crippen MR) is 70.2 cm³/mol. The zero-order valence-electron chi connectivity index (χ0n) is 10.6. The van der Waals surface area contributed by atoms with Gasteiger partial charge in [-0.3, -0.25) is 0 Å². The van der Waals surface area contributed by atoms with Crippen LogP contribution in [0.25, 0.3) is 6.08 Å². The molecule has 0 aromatic heterocycles. The summed E-state index contributed by atoms with van der Waals surface area (Å²) in [4.78, 5) is 0. The van der Waals surface area contributed by atoms with Gasteiger partial charge in [0.1, 0.15) is 5.75 Å². The minimum Gasteiger partial charge on any atom is -0.497 e. The summed E-state index contributed by atoms with van der Waals surface area (Å²) in [6, 6.07) is 8.13. The van der Waals surface area contributed by atoms with Crippen LogP contribution in [0.2, 0.25) is 0 Å². The average Bonchev–Trinajstić information content (AvgIpc) is 2.84. The lowest BCUT2D eigenvalue weighted by molar-refractivity contribution is 0.0864. The van der Waals surface area contributed by atoms with Crippen molar-refractivity contribution in [2.24, 2.45) is 5.92 Å². The molecule has 0 spiro atoms. The molecule has 1 aromatic carbocycles. The van der Waals surface area contributed by atoms with Gasteiger partial charge >= 0.3 is 0 Å². The first-order chi connectivity index (χ1) is 8.33. The Hall–Kier alpha value is -1.28. The third-order valence-electron chi connectivity index (χ3n) is 3.46. The third kappa shape index (κ3) is 3.10. The van der Waals surface area contributed by atoms with Crippen LogP contribution >= 0.6 is 0 Å². The first-order valence-electron chi connectivity index (χ1n) is 6.18. The molecule has 2 heteroatoms. The van der Waals surface area contributed by atoms with Crippen LogP contribution in [-0.2, 0) is 4.74 Å². The van der Waals surface area contributed by atoms with Crippen molar-refractivity contribution >= 4 is 6.08 Å². The van der Waals surface area contributed by atoms with Gasteiger partial charge in [0.15, 0.2) is 0 Å². The fourth-order valence-electron chi connectivity index (χ4n) is 2.42. The number of ether oxygens (including phenoxy) is 2. The van der Waals surface area contributed by atoms with Crippen LogP contribution < -0.4 is 4.74 Å². The number of methoxy groups -OCH3 is 2. The predicted octanol–water partition coefficient (Wildman–Crippen LogP) is 3.52. The normalized spacial score (nSPS) is 24.4. The highest BCUT2D eigenvalue weighted by Crippen LogP contribution is 2.29. The first-order valence-corrected chi connectivity index (χ1v) is 6.18. The molecule has 1 fully saturated rings. The van der Waals surface area contributed by atoms with Gasteiger partial charge in [0, 0.05) is 13.0 Å². The lowest BCUT2D eigenvalue weighted by atomic mass is 10.0. The first kappa shape index (κ1) is 12.2. The van der Waals surface area contributed by atoms with E-state index < -0.39 is 0 Å². The number of rotatable bonds is 4. The SMILES string of the molecule is COc1ccc(/C=C/[C@H]2CCC[C@@H]2OC)cc1. The maximum absolute atomic E-state index is 5.48. The van der Waals surface area contributed by atoms with Crippen molar-refractivity contribution in [2.45, 2.75) is 25.4 Å². The Morgan fingerprint density at radius 2 is 1.88 bits per heavy atom. The monoisotopic (exact) mass is 232 g/mol. The Labute approximate surface area is 103 Å². The summed E-state index contributed by atoms with van der Waals surface area (Å²) < 4.78 is 10.6. The molecule has 1 aliphatic rings. The van der Waals surface area contributed by atoms with Crippen molar-refractivity contribution in [2.75, 3.05) is 14.2 Å². The minimum absolute atomic E-state index is 0.407. The Balaban J connectivity index is 1.99. The van der Waals surface area contributed by atoms with E-state index in [2.05, 4.69) is 24.3 Å². The smallest absolute Gasteiger partial charge is 0.118 e. The van der Waals surface area contributed by atoms with Gasteiger partial charge in [-0.2, -0.15) is 0 Å². The zero-order chi connectivity index (χ0) is 12.1. The van der Waals surface area contributed by atoms with Crippen LogP contribution in [-0.4, -0.2) is 20.3 Å². The van der Waals surface area contributed by atoms with Crippen LogP contribution in [0.4, 0.5) is 0 Å². The van der Waals surface area contributed by atoms with Crippen LogP contribution in [0, 0.1) is 5.92 Å². The Morgan fingerprint density at radius 1 is 1.12 bits per heavy atom. The second-order valence-electron chi connectivity index (χ2n) is 4.50. The number of benzene rings is 1. The fraction of sp³-hybridized carbons (Fsp3) is 0.467. The molecule has 0 saturated heterocycles. The highest BCUT2D eigenvalue weighted by molar-refractivity contribution is 5.51. The molecule has 0 bridgehead atoms. The molecule has 2 rings (SSSR count). The van der Waals surface area contributed by atoms with E-state index in [1.807, 2.05) is 19.2 Å². The standard InChI is InChI=1S/C15H20O2/c1-16-14-10-7-12(8-11-14)6-9-13-4-3-5-15(13)17-2/h6-11,13,15H,3-5H2,1-2H3/b9-6+/t13-,15+/m1/s1. The molecule has 2 nitrogen and oxygen atoms in total. The van der Waals surface area contributed by atoms with E-state index in [-0.39, 0.29) is 0 Å². The van der Waals surface area contributed by atoms with Gasteiger partial charge in [0.25, 0.3) is 0 Å². The minimum atomic E-state index is 0.407. The second-order valence-corrected chi connectivity index (χ2v) is 4.50. The maximum Gasteiger partial charge on any atom is 0.118 e. The van der Waals surface area contributed by atoms with Gasteiger partial charge in [0.2, 0.25) is 0 Å². The summed E-state index contributed by atoms with van der Waals surface area (Å²) in [6.07, 6.45) is 8.57. The highest BCUT2D eigenvalue weighted by Gasteiger charge is 2.24. The summed E-state index contributed by atoms with van der Waals surface area (Å²) in [5.41, 5.74) is 1.22. The molecule has 0 N–H and O–H groups in total. The van der Waals surface area contributed by atoms with E-state index in [1.165, 1.54) is 24.8 Å². The van der Waals surface area contributed by atoms with Crippen molar-refractivity contribution in [3.05, 3.63) is 35.9 Å². The topological polar surface area (TPSA) is 18.5 Å². The fourth-order valence-corrected chi connectivity index (χ4v) is 2.42. The number of hydrogen-bond donors (Lipinski definition) is 0. The molecule has 0 unspecified atom stereocenters. The lowest BCUT2D eigenvalue weighted by Gasteiger charge is -2.13. The van der Waals surface area contributed by atoms with E-state index in [9.17, 15) is 0 Å². The van der Waals surface area contributed by atoms with Crippen molar-refractivity contribution in [3.8, 4) is 5.75 Å². The molecule has 1 saturated carbocycles. The summed E-state index contributed by atoms with van der Waals surface area (Å²) >= 11 is 0. The van der Waals surface area contributed by atoms with Crippen molar-refractivity contribution in [1.82, 2.24) is 0 Å². The molecule has 0 aliphatic heterocycles. The third-order valence-corrected chi connectivity index (χ3v) is 3.46. The molecule has 1 aromatic rings. The van der Waals surface area contributed by atoms with E-state index in [0.29, 0.717) is 12.0 Å². The van der Waals surface area contributed by atoms with E-state index in [4.69, 9.17) is 9.47 Å². The van der Waals surface area contributed by atoms with Crippen molar-refractivity contribution in [3.63, 3.8) is 0 Å². The highest BCUT2D eigenvalue weighted by atomic mass is 16.5. The van der Waals surface area contributed by atoms with Gasteiger partial charge < -0.3 is 9.47 Å². The van der Waals surface area contributed by atoms with Gasteiger partial charge in [-0.15, -0.1) is 0 Å². The molecular weight excluding hydrogens is 212 g/mol. The zero-order valence-corrected chi connectivity index (χ0v) is 10.6. The molecule has 0 amide bonds. The van der Waals surface area contributed by atoms with Crippen LogP contribution in [0.15, 0.2) is 30.3 Å². The number of hydrogen-bond acceptors (Lipinski definition) is 2. The van der Waals surface area contributed by atoms with Gasteiger partial charge in [-0.05, 0) is 30.5 Å². The van der Waals surface area contributed by atoms with Gasteiger partial charge in [-0.1, -0.05) is 30.7 Å². The lowest BCUT2D eigenvalue weighted by Crippen LogP contribution is -2.13. The van der Waals surface area contributed by atoms with E-state index in [0.717, 1.165) is 5.75 Å². The molecule has 17 heavy (non-hydrogen) atoms. The summed E-state index contributed by atoms with van der Waals surface area (Å²) in [7, 11) is 3.50. The largest absolute Gasteiger partial charge is 0.497 e. The second kappa shape index (κ2) is 5.87. The Morgan fingerprint density at radius 3 is 2.53 bits per heavy atom. The quantitative estimate of drug-likeness (QED) is 0.790. The summed E-state index contributed by atoms with van der Waals surface area (Å²) in [6.45, 7) is 0. The average molecular weight is 232 g/mol. The van der Waals surface area contributed by atoms with Gasteiger partial charge in [-0.25, -0.2) is 0 Å². The van der Waals surface area contributed by atoms with Gasteiger partial charge in [0.05, 0.1) is 13.2 Å². The van der Waals surface area contributed by atoms with Crippen molar-refractivity contribution in [1.29, 1.82) is 0 Å². The van der Waals surface area contributed by atoms with E-state index >= 15 is 0 Å². The van der Waals surface area contributed by atoms with Crippen LogP contribution in [0.1, 0.15) is 24.8 Å². The molecule has 92 valence electrons. The maximum atomic E-state index is 5.48. The van der Waals surface area contributed by atoms with Crippen LogP contribution in [0.3, 0.4) is 0 Å². The summed E-state index contributed by atoms with van der Waals surface area (Å²) in [5.74, 6) is 1.47. The molecule has 2 atom stereocenters.